The molecule has 0 aliphatic carbocycles. The van der Waals surface area contributed by atoms with E-state index in [4.69, 9.17) is 0 Å². The maximum atomic E-state index is 12.2. The van der Waals surface area contributed by atoms with E-state index in [2.05, 4.69) is 5.32 Å². The highest BCUT2D eigenvalue weighted by molar-refractivity contribution is 6.07. The van der Waals surface area contributed by atoms with Gasteiger partial charge in [-0.25, -0.2) is 0 Å². The molecule has 0 radical (unpaired) electrons. The number of carbonyl (C=O) groups is 1. The van der Waals surface area contributed by atoms with E-state index in [1.54, 1.807) is 37.4 Å². The molecule has 21 heavy (non-hydrogen) atoms. The molecule has 106 valence electrons. The minimum atomic E-state index is -0.298. The molecule has 0 saturated heterocycles. The third-order valence-corrected chi connectivity index (χ3v) is 3.17. The number of aryl methyl sites for hydroxylation is 1. The molecular formula is C18H17NO2. The zero-order chi connectivity index (χ0) is 15.2. The Hall–Kier alpha value is -2.68. The van der Waals surface area contributed by atoms with Crippen LogP contribution in [0.3, 0.4) is 0 Å². The topological polar surface area (TPSA) is 46.2 Å². The van der Waals surface area contributed by atoms with Crippen molar-refractivity contribution in [2.45, 2.75) is 6.92 Å². The molecule has 2 aromatic rings. The van der Waals surface area contributed by atoms with Gasteiger partial charge in [-0.2, -0.15) is 0 Å². The highest BCUT2D eigenvalue weighted by atomic mass is 16.1. The Balaban J connectivity index is 2.31. The van der Waals surface area contributed by atoms with Gasteiger partial charge in [-0.3, -0.25) is 9.59 Å². The van der Waals surface area contributed by atoms with Gasteiger partial charge in [0.15, 0.2) is 5.78 Å². The molecule has 3 heteroatoms. The molecule has 0 spiro atoms. The Morgan fingerprint density at radius 2 is 1.71 bits per heavy atom. The number of carbonyl (C=O) groups excluding carboxylic acids is 1. The van der Waals surface area contributed by atoms with Crippen molar-refractivity contribution in [3.05, 3.63) is 81.5 Å². The molecule has 0 bridgehead atoms. The molecule has 2 rings (SSSR count). The SMILES string of the molecule is CNc1ccccc(C(=O)C=Cc2ccc(C)cc2)c1=O. The number of allylic oxidation sites excluding steroid dienone is 1. The number of ketones is 1. The summed E-state index contributed by atoms with van der Waals surface area (Å²) in [5.41, 5.74) is 2.37. The highest BCUT2D eigenvalue weighted by Gasteiger charge is 2.08. The fraction of sp³-hybridized carbons (Fsp3) is 0.111. The molecule has 0 fully saturated rings. The minimum absolute atomic E-state index is 0.160. The van der Waals surface area contributed by atoms with Crippen molar-refractivity contribution in [3.63, 3.8) is 0 Å². The smallest absolute Gasteiger partial charge is 0.212 e. The molecule has 0 amide bonds. The zero-order valence-electron chi connectivity index (χ0n) is 12.1. The van der Waals surface area contributed by atoms with Gasteiger partial charge >= 0.3 is 0 Å². The first-order chi connectivity index (χ1) is 10.1. The van der Waals surface area contributed by atoms with Crippen LogP contribution >= 0.6 is 0 Å². The standard InChI is InChI=1S/C18H17NO2/c1-13-7-9-14(10-8-13)11-12-17(20)15-5-3-4-6-16(19-2)18(15)21/h3-12H,1-2H3,(H,19,21). The lowest BCUT2D eigenvalue weighted by Crippen LogP contribution is -2.14. The highest BCUT2D eigenvalue weighted by Crippen LogP contribution is 2.07. The van der Waals surface area contributed by atoms with Gasteiger partial charge in [0.2, 0.25) is 5.43 Å². The largest absolute Gasteiger partial charge is 0.385 e. The molecule has 0 saturated carbocycles. The predicted molar refractivity (Wildman–Crippen MR) is 86.8 cm³/mol. The van der Waals surface area contributed by atoms with Gasteiger partial charge in [0.25, 0.3) is 0 Å². The fourth-order valence-electron chi connectivity index (χ4n) is 1.93. The third kappa shape index (κ3) is 3.66. The van der Waals surface area contributed by atoms with Crippen LogP contribution in [-0.2, 0) is 0 Å². The summed E-state index contributed by atoms with van der Waals surface area (Å²) in [5, 5.41) is 2.80. The number of benzene rings is 1. The number of hydrogen-bond donors (Lipinski definition) is 1. The second-order valence-electron chi connectivity index (χ2n) is 4.73. The predicted octanol–water partition coefficient (Wildman–Crippen LogP) is 3.29. The molecule has 0 aromatic heterocycles. The quantitative estimate of drug-likeness (QED) is 0.690. The van der Waals surface area contributed by atoms with Gasteiger partial charge < -0.3 is 5.32 Å². The lowest BCUT2D eigenvalue weighted by Gasteiger charge is -1.96. The Labute approximate surface area is 124 Å². The van der Waals surface area contributed by atoms with Gasteiger partial charge in [0.05, 0.1) is 11.3 Å². The summed E-state index contributed by atoms with van der Waals surface area (Å²) in [6.07, 6.45) is 3.15. The molecule has 0 aliphatic heterocycles. The number of rotatable bonds is 4. The van der Waals surface area contributed by atoms with Crippen LogP contribution in [0.15, 0.2) is 59.4 Å². The van der Waals surface area contributed by atoms with Crippen molar-refractivity contribution in [2.24, 2.45) is 0 Å². The molecule has 0 aliphatic rings. The van der Waals surface area contributed by atoms with E-state index < -0.39 is 0 Å². The van der Waals surface area contributed by atoms with Gasteiger partial charge in [-0.1, -0.05) is 48.0 Å². The first-order valence-electron chi connectivity index (χ1n) is 6.72. The molecule has 3 nitrogen and oxygen atoms in total. The summed E-state index contributed by atoms with van der Waals surface area (Å²) in [6, 6.07) is 14.4. The number of anilines is 1. The van der Waals surface area contributed by atoms with Crippen molar-refractivity contribution in [3.8, 4) is 0 Å². The number of nitrogens with one attached hydrogen (secondary N) is 1. The van der Waals surface area contributed by atoms with Crippen molar-refractivity contribution < 1.29 is 4.79 Å². The monoisotopic (exact) mass is 279 g/mol. The molecule has 0 heterocycles. The third-order valence-electron chi connectivity index (χ3n) is 3.17. The van der Waals surface area contributed by atoms with Crippen molar-refractivity contribution in [2.75, 3.05) is 12.4 Å². The van der Waals surface area contributed by atoms with Crippen LogP contribution in [0, 0.1) is 6.92 Å². The van der Waals surface area contributed by atoms with Crippen molar-refractivity contribution in [1.29, 1.82) is 0 Å². The van der Waals surface area contributed by atoms with Crippen molar-refractivity contribution in [1.82, 2.24) is 0 Å². The first kappa shape index (κ1) is 14.7. The van der Waals surface area contributed by atoms with Gasteiger partial charge in [0.1, 0.15) is 0 Å². The summed E-state index contributed by atoms with van der Waals surface area (Å²) >= 11 is 0. The van der Waals surface area contributed by atoms with E-state index >= 15 is 0 Å². The average molecular weight is 279 g/mol. The molecule has 2 aromatic carbocycles. The van der Waals surface area contributed by atoms with Crippen LogP contribution in [0.1, 0.15) is 21.5 Å². The van der Waals surface area contributed by atoms with Gasteiger partial charge in [-0.05, 0) is 30.7 Å². The molecular weight excluding hydrogens is 262 g/mol. The summed E-state index contributed by atoms with van der Waals surface area (Å²) in [7, 11) is 1.66. The zero-order valence-corrected chi connectivity index (χ0v) is 12.1. The average Bonchev–Trinajstić information content (AvgIpc) is 2.68. The second-order valence-corrected chi connectivity index (χ2v) is 4.73. The first-order valence-corrected chi connectivity index (χ1v) is 6.72. The van der Waals surface area contributed by atoms with Crippen LogP contribution in [0.25, 0.3) is 6.08 Å². The van der Waals surface area contributed by atoms with E-state index in [0.717, 1.165) is 11.1 Å². The Bertz CT molecular complexity index is 731. The Morgan fingerprint density at radius 3 is 2.38 bits per heavy atom. The van der Waals surface area contributed by atoms with Crippen LogP contribution < -0.4 is 10.7 Å². The maximum absolute atomic E-state index is 12.2. The van der Waals surface area contributed by atoms with Crippen LogP contribution in [-0.4, -0.2) is 12.8 Å². The summed E-state index contributed by atoms with van der Waals surface area (Å²) < 4.78 is 0. The van der Waals surface area contributed by atoms with E-state index in [9.17, 15) is 9.59 Å². The molecule has 0 unspecified atom stereocenters. The normalized spacial score (nSPS) is 10.6. The summed E-state index contributed by atoms with van der Waals surface area (Å²) in [6.45, 7) is 2.01. The van der Waals surface area contributed by atoms with Gasteiger partial charge in [0, 0.05) is 7.05 Å². The Kier molecular flexibility index (Phi) is 4.67. The van der Waals surface area contributed by atoms with E-state index in [1.807, 2.05) is 31.2 Å². The van der Waals surface area contributed by atoms with Crippen LogP contribution in [0.2, 0.25) is 0 Å². The lowest BCUT2D eigenvalue weighted by molar-refractivity contribution is 0.104. The van der Waals surface area contributed by atoms with E-state index in [1.165, 1.54) is 6.08 Å². The van der Waals surface area contributed by atoms with E-state index in [0.29, 0.717) is 5.69 Å². The van der Waals surface area contributed by atoms with E-state index in [-0.39, 0.29) is 16.8 Å². The lowest BCUT2D eigenvalue weighted by atomic mass is 10.1. The fourth-order valence-corrected chi connectivity index (χ4v) is 1.93. The molecule has 1 N–H and O–H groups in total. The molecule has 0 atom stereocenters. The summed E-state index contributed by atoms with van der Waals surface area (Å²) in [5.74, 6) is -0.298. The van der Waals surface area contributed by atoms with Crippen LogP contribution in [0.5, 0.6) is 0 Å². The van der Waals surface area contributed by atoms with Gasteiger partial charge in [-0.15, -0.1) is 0 Å². The minimum Gasteiger partial charge on any atom is -0.385 e. The second kappa shape index (κ2) is 6.66. The maximum Gasteiger partial charge on any atom is 0.212 e. The van der Waals surface area contributed by atoms with Crippen LogP contribution in [0.4, 0.5) is 5.69 Å². The number of hydrogen-bond acceptors (Lipinski definition) is 3. The Morgan fingerprint density at radius 1 is 1.05 bits per heavy atom. The summed E-state index contributed by atoms with van der Waals surface area (Å²) in [4.78, 5) is 24.4. The van der Waals surface area contributed by atoms with Crippen molar-refractivity contribution >= 4 is 17.5 Å².